The van der Waals surface area contributed by atoms with Gasteiger partial charge in [0.2, 0.25) is 0 Å². The van der Waals surface area contributed by atoms with Crippen LogP contribution in [0.1, 0.15) is 23.5 Å². The summed E-state index contributed by atoms with van der Waals surface area (Å²) in [5, 5.41) is 3.69. The van der Waals surface area contributed by atoms with E-state index in [1.807, 2.05) is 13.8 Å². The first-order valence-electron chi connectivity index (χ1n) is 6.81. The monoisotopic (exact) mass is 316 g/mol. The number of thiazole rings is 1. The molecule has 0 saturated heterocycles. The molecule has 0 aromatic carbocycles. The van der Waals surface area contributed by atoms with Crippen LogP contribution in [-0.4, -0.2) is 62.4 Å². The molecular weight excluding hydrogens is 292 g/mol. The minimum Gasteiger partial charge on any atom is -0.383 e. The summed E-state index contributed by atoms with van der Waals surface area (Å²) in [5.74, 6) is 0.110. The van der Waals surface area contributed by atoms with E-state index in [4.69, 9.17) is 15.2 Å². The lowest BCUT2D eigenvalue weighted by molar-refractivity contribution is 0.0535. The van der Waals surface area contributed by atoms with Gasteiger partial charge < -0.3 is 25.4 Å². The van der Waals surface area contributed by atoms with Crippen LogP contribution < -0.4 is 11.1 Å². The molecule has 3 N–H and O–H groups in total. The molecule has 0 unspecified atom stereocenters. The number of nitrogens with two attached hydrogens (primary N) is 1. The Balaban J connectivity index is 2.56. The van der Waals surface area contributed by atoms with E-state index >= 15 is 0 Å². The predicted molar refractivity (Wildman–Crippen MR) is 84.9 cm³/mol. The lowest BCUT2D eigenvalue weighted by atomic mass is 10.4. The molecule has 8 heteroatoms. The van der Waals surface area contributed by atoms with Gasteiger partial charge in [-0.15, -0.1) is 0 Å². The summed E-state index contributed by atoms with van der Waals surface area (Å²) in [4.78, 5) is 18.5. The van der Waals surface area contributed by atoms with Crippen molar-refractivity contribution in [1.82, 2.24) is 9.88 Å². The Labute approximate surface area is 129 Å². The second-order valence-corrected chi connectivity index (χ2v) is 5.80. The summed E-state index contributed by atoms with van der Waals surface area (Å²) < 4.78 is 10.4. The lowest BCUT2D eigenvalue weighted by Crippen LogP contribution is -2.30. The number of likely N-dealkylation sites (N-methyl/N-ethyl adjacent to an activating group) is 1. The minimum absolute atomic E-state index is 0.142. The van der Waals surface area contributed by atoms with Crippen molar-refractivity contribution in [2.24, 2.45) is 0 Å². The molecule has 0 atom stereocenters. The number of anilines is 2. The molecule has 1 rings (SSSR count). The Hall–Kier alpha value is -1.38. The molecular formula is C13H24N4O3S. The van der Waals surface area contributed by atoms with Gasteiger partial charge in [0, 0.05) is 27.2 Å². The van der Waals surface area contributed by atoms with E-state index in [1.54, 1.807) is 19.1 Å². The van der Waals surface area contributed by atoms with Crippen LogP contribution in [0.4, 0.5) is 10.9 Å². The number of nitrogens with zero attached hydrogens (tertiary/aromatic N) is 2. The predicted octanol–water partition coefficient (Wildman–Crippen LogP) is 1.28. The first-order chi connectivity index (χ1) is 9.95. The number of nitrogens with one attached hydrogen (secondary N) is 1. The van der Waals surface area contributed by atoms with Crippen LogP contribution in [0.3, 0.4) is 0 Å². The van der Waals surface area contributed by atoms with Gasteiger partial charge >= 0.3 is 0 Å². The fraction of sp³-hybridized carbons (Fsp3) is 0.692. The average Bonchev–Trinajstić information content (AvgIpc) is 2.78. The van der Waals surface area contributed by atoms with E-state index in [-0.39, 0.29) is 17.8 Å². The highest BCUT2D eigenvalue weighted by atomic mass is 32.1. The Kier molecular flexibility index (Phi) is 7.41. The molecule has 0 aliphatic carbocycles. The number of rotatable bonds is 9. The third-order valence-corrected chi connectivity index (χ3v) is 3.67. The van der Waals surface area contributed by atoms with Gasteiger partial charge in [-0.25, -0.2) is 4.98 Å². The largest absolute Gasteiger partial charge is 0.383 e. The van der Waals surface area contributed by atoms with Crippen molar-refractivity contribution >= 4 is 28.2 Å². The maximum Gasteiger partial charge on any atom is 0.267 e. The SMILES string of the molecule is COCCNc1nc(N)c(C(=O)N(C)CCOC(C)C)s1. The number of methoxy groups -OCH3 is 1. The van der Waals surface area contributed by atoms with Crippen LogP contribution in [0.5, 0.6) is 0 Å². The minimum atomic E-state index is -0.142. The number of amides is 1. The van der Waals surface area contributed by atoms with Crippen LogP contribution in [0.15, 0.2) is 0 Å². The summed E-state index contributed by atoms with van der Waals surface area (Å²) in [5.41, 5.74) is 5.81. The van der Waals surface area contributed by atoms with Gasteiger partial charge in [0.25, 0.3) is 5.91 Å². The van der Waals surface area contributed by atoms with Crippen LogP contribution in [0, 0.1) is 0 Å². The maximum absolute atomic E-state index is 12.3. The first-order valence-corrected chi connectivity index (χ1v) is 7.63. The molecule has 7 nitrogen and oxygen atoms in total. The zero-order chi connectivity index (χ0) is 15.8. The number of hydrogen-bond acceptors (Lipinski definition) is 7. The highest BCUT2D eigenvalue weighted by molar-refractivity contribution is 7.18. The van der Waals surface area contributed by atoms with Crippen molar-refractivity contribution in [3.63, 3.8) is 0 Å². The van der Waals surface area contributed by atoms with Crippen LogP contribution >= 0.6 is 11.3 Å². The molecule has 120 valence electrons. The second-order valence-electron chi connectivity index (χ2n) is 4.80. The van der Waals surface area contributed by atoms with Gasteiger partial charge in [0.1, 0.15) is 10.7 Å². The van der Waals surface area contributed by atoms with E-state index in [2.05, 4.69) is 10.3 Å². The third kappa shape index (κ3) is 5.86. The van der Waals surface area contributed by atoms with Crippen molar-refractivity contribution in [3.8, 4) is 0 Å². The van der Waals surface area contributed by atoms with Gasteiger partial charge in [-0.05, 0) is 13.8 Å². The zero-order valence-corrected chi connectivity index (χ0v) is 13.8. The first kappa shape index (κ1) is 17.7. The van der Waals surface area contributed by atoms with E-state index in [0.29, 0.717) is 36.3 Å². The molecule has 1 aromatic heterocycles. The molecule has 1 aromatic rings. The van der Waals surface area contributed by atoms with Crippen molar-refractivity contribution in [1.29, 1.82) is 0 Å². The van der Waals surface area contributed by atoms with Crippen molar-refractivity contribution in [3.05, 3.63) is 4.88 Å². The highest BCUT2D eigenvalue weighted by Gasteiger charge is 2.19. The highest BCUT2D eigenvalue weighted by Crippen LogP contribution is 2.25. The number of carbonyl (C=O) groups excluding carboxylic acids is 1. The quantitative estimate of drug-likeness (QED) is 0.667. The standard InChI is InChI=1S/C13H24N4O3S/c1-9(2)20-8-6-17(3)12(18)10-11(14)16-13(21-10)15-5-7-19-4/h9H,5-8,14H2,1-4H3,(H,15,16). The van der Waals surface area contributed by atoms with E-state index in [0.717, 1.165) is 0 Å². The molecule has 0 radical (unpaired) electrons. The van der Waals surface area contributed by atoms with E-state index < -0.39 is 0 Å². The summed E-state index contributed by atoms with van der Waals surface area (Å²) in [6, 6.07) is 0. The number of aromatic nitrogens is 1. The van der Waals surface area contributed by atoms with Crippen LogP contribution in [0.2, 0.25) is 0 Å². The lowest BCUT2D eigenvalue weighted by Gasteiger charge is -2.17. The van der Waals surface area contributed by atoms with Crippen molar-refractivity contribution < 1.29 is 14.3 Å². The van der Waals surface area contributed by atoms with Crippen LogP contribution in [0.25, 0.3) is 0 Å². The molecule has 0 aliphatic heterocycles. The number of hydrogen-bond donors (Lipinski definition) is 2. The summed E-state index contributed by atoms with van der Waals surface area (Å²) >= 11 is 1.25. The molecule has 1 heterocycles. The smallest absolute Gasteiger partial charge is 0.267 e. The zero-order valence-electron chi connectivity index (χ0n) is 13.0. The Morgan fingerprint density at radius 2 is 2.19 bits per heavy atom. The topological polar surface area (TPSA) is 89.7 Å². The Morgan fingerprint density at radius 3 is 2.81 bits per heavy atom. The molecule has 0 fully saturated rings. The summed E-state index contributed by atoms with van der Waals surface area (Å²) in [7, 11) is 3.35. The number of nitrogen functional groups attached to an aromatic ring is 1. The molecule has 0 saturated carbocycles. The van der Waals surface area contributed by atoms with E-state index in [9.17, 15) is 4.79 Å². The average molecular weight is 316 g/mol. The molecule has 0 bridgehead atoms. The van der Waals surface area contributed by atoms with Gasteiger partial charge in [-0.3, -0.25) is 4.79 Å². The molecule has 0 aliphatic rings. The Morgan fingerprint density at radius 1 is 1.48 bits per heavy atom. The maximum atomic E-state index is 12.3. The fourth-order valence-corrected chi connectivity index (χ4v) is 2.43. The normalized spacial score (nSPS) is 10.9. The van der Waals surface area contributed by atoms with Gasteiger partial charge in [0.15, 0.2) is 5.13 Å². The fourth-order valence-electron chi connectivity index (χ4n) is 1.52. The number of carbonyl (C=O) groups is 1. The molecule has 0 spiro atoms. The van der Waals surface area contributed by atoms with E-state index in [1.165, 1.54) is 11.3 Å². The van der Waals surface area contributed by atoms with Crippen molar-refractivity contribution in [2.75, 3.05) is 51.5 Å². The second kappa shape index (κ2) is 8.81. The molecule has 1 amide bonds. The van der Waals surface area contributed by atoms with Crippen LogP contribution in [-0.2, 0) is 9.47 Å². The van der Waals surface area contributed by atoms with Gasteiger partial charge in [0.05, 0.1) is 19.3 Å². The Bertz CT molecular complexity index is 451. The third-order valence-electron chi connectivity index (χ3n) is 2.65. The number of ether oxygens (including phenoxy) is 2. The van der Waals surface area contributed by atoms with Crippen molar-refractivity contribution in [2.45, 2.75) is 20.0 Å². The van der Waals surface area contributed by atoms with Gasteiger partial charge in [-0.1, -0.05) is 11.3 Å². The summed E-state index contributed by atoms with van der Waals surface area (Å²) in [6.07, 6.45) is 0.151. The van der Waals surface area contributed by atoms with Gasteiger partial charge in [-0.2, -0.15) is 0 Å². The molecule has 21 heavy (non-hydrogen) atoms. The summed E-state index contributed by atoms with van der Waals surface area (Å²) in [6.45, 7) is 6.12.